The van der Waals surface area contributed by atoms with Gasteiger partial charge in [-0.25, -0.2) is 4.39 Å². The summed E-state index contributed by atoms with van der Waals surface area (Å²) in [6.45, 7) is 4.41. The van der Waals surface area contributed by atoms with Gasteiger partial charge >= 0.3 is 11.9 Å². The van der Waals surface area contributed by atoms with Gasteiger partial charge in [0, 0.05) is 0 Å². The molecule has 0 spiro atoms. The van der Waals surface area contributed by atoms with Crippen LogP contribution in [-0.4, -0.2) is 30.1 Å². The lowest BCUT2D eigenvalue weighted by molar-refractivity contribution is -0.385. The minimum atomic E-state index is -1.63. The number of hydrogen-bond donors (Lipinski definition) is 0. The Kier molecular flexibility index (Phi) is 5.97. The zero-order chi connectivity index (χ0) is 16.9. The van der Waals surface area contributed by atoms with E-state index in [0.29, 0.717) is 6.07 Å². The largest absolute Gasteiger partial charge is 0.465 e. The van der Waals surface area contributed by atoms with Gasteiger partial charge in [0.1, 0.15) is 5.82 Å². The molecule has 0 fully saturated rings. The standard InChI is InChI=1S/C14H16FNO6/c1-4-21-13(17)12(14(18)22-5-2)9-6-8(3)10(15)7-11(9)16(19)20/h6-7,12H,4-5H2,1-3H3. The van der Waals surface area contributed by atoms with Crippen LogP contribution in [0.3, 0.4) is 0 Å². The topological polar surface area (TPSA) is 95.7 Å². The Bertz CT molecular complexity index is 583. The molecule has 7 nitrogen and oxygen atoms in total. The quantitative estimate of drug-likeness (QED) is 0.346. The van der Waals surface area contributed by atoms with Gasteiger partial charge in [-0.1, -0.05) is 0 Å². The van der Waals surface area contributed by atoms with Gasteiger partial charge in [0.25, 0.3) is 5.69 Å². The number of esters is 2. The summed E-state index contributed by atoms with van der Waals surface area (Å²) in [5.74, 6) is -4.38. The van der Waals surface area contributed by atoms with Crippen molar-refractivity contribution in [2.24, 2.45) is 0 Å². The maximum Gasteiger partial charge on any atom is 0.325 e. The van der Waals surface area contributed by atoms with E-state index in [1.807, 2.05) is 0 Å². The number of nitro groups is 1. The van der Waals surface area contributed by atoms with Crippen LogP contribution in [0.4, 0.5) is 10.1 Å². The number of aryl methyl sites for hydroxylation is 1. The highest BCUT2D eigenvalue weighted by Crippen LogP contribution is 2.31. The first-order valence-corrected chi connectivity index (χ1v) is 6.61. The third-order valence-electron chi connectivity index (χ3n) is 2.86. The van der Waals surface area contributed by atoms with Crippen LogP contribution in [0.5, 0.6) is 0 Å². The fraction of sp³-hybridized carbons (Fsp3) is 0.429. The molecule has 0 bridgehead atoms. The van der Waals surface area contributed by atoms with Gasteiger partial charge in [0.2, 0.25) is 0 Å². The Morgan fingerprint density at radius 1 is 1.23 bits per heavy atom. The van der Waals surface area contributed by atoms with Crippen LogP contribution < -0.4 is 0 Å². The fourth-order valence-electron chi connectivity index (χ4n) is 1.88. The van der Waals surface area contributed by atoms with Crippen LogP contribution in [0.15, 0.2) is 12.1 Å². The lowest BCUT2D eigenvalue weighted by Crippen LogP contribution is -2.27. The summed E-state index contributed by atoms with van der Waals surface area (Å²) >= 11 is 0. The molecular weight excluding hydrogens is 297 g/mol. The molecule has 0 N–H and O–H groups in total. The van der Waals surface area contributed by atoms with Crippen LogP contribution in [0.2, 0.25) is 0 Å². The molecule has 0 radical (unpaired) electrons. The molecule has 0 heterocycles. The van der Waals surface area contributed by atoms with Gasteiger partial charge in [-0.3, -0.25) is 19.7 Å². The Morgan fingerprint density at radius 3 is 2.14 bits per heavy atom. The van der Waals surface area contributed by atoms with Crippen molar-refractivity contribution in [2.45, 2.75) is 26.7 Å². The first-order valence-electron chi connectivity index (χ1n) is 6.61. The van der Waals surface area contributed by atoms with Gasteiger partial charge in [-0.15, -0.1) is 0 Å². The lowest BCUT2D eigenvalue weighted by Gasteiger charge is -2.15. The molecule has 0 aromatic heterocycles. The average Bonchev–Trinajstić information content (AvgIpc) is 2.43. The number of carbonyl (C=O) groups excluding carboxylic acids is 2. The zero-order valence-corrected chi connectivity index (χ0v) is 12.4. The van der Waals surface area contributed by atoms with E-state index in [4.69, 9.17) is 9.47 Å². The molecule has 1 aromatic rings. The minimum Gasteiger partial charge on any atom is -0.465 e. The van der Waals surface area contributed by atoms with E-state index < -0.39 is 34.3 Å². The lowest BCUT2D eigenvalue weighted by atomic mass is 9.95. The van der Waals surface area contributed by atoms with Crippen LogP contribution in [0.1, 0.15) is 30.9 Å². The SMILES string of the molecule is CCOC(=O)C(C(=O)OCC)c1cc(C)c(F)cc1[N+](=O)[O-]. The molecule has 1 rings (SSSR count). The number of nitro benzene ring substituents is 1. The van der Waals surface area contributed by atoms with Crippen molar-refractivity contribution in [3.8, 4) is 0 Å². The Hall–Kier alpha value is -2.51. The summed E-state index contributed by atoms with van der Waals surface area (Å²) in [6.07, 6.45) is 0. The fourth-order valence-corrected chi connectivity index (χ4v) is 1.88. The van der Waals surface area contributed by atoms with Gasteiger partial charge in [-0.2, -0.15) is 0 Å². The van der Waals surface area contributed by atoms with Gasteiger partial charge in [0.05, 0.1) is 29.8 Å². The van der Waals surface area contributed by atoms with Gasteiger partial charge < -0.3 is 9.47 Å². The first kappa shape index (κ1) is 17.5. The maximum absolute atomic E-state index is 13.5. The number of nitrogens with zero attached hydrogens (tertiary/aromatic N) is 1. The van der Waals surface area contributed by atoms with E-state index in [1.54, 1.807) is 0 Å². The second-order valence-electron chi connectivity index (χ2n) is 4.35. The molecule has 0 saturated carbocycles. The molecule has 0 amide bonds. The number of rotatable bonds is 6. The van der Waals surface area contributed by atoms with E-state index in [2.05, 4.69) is 0 Å². The third-order valence-corrected chi connectivity index (χ3v) is 2.86. The molecule has 0 unspecified atom stereocenters. The third kappa shape index (κ3) is 3.78. The Labute approximate surface area is 126 Å². The first-order chi connectivity index (χ1) is 10.3. The molecule has 0 aliphatic carbocycles. The summed E-state index contributed by atoms with van der Waals surface area (Å²) in [5, 5.41) is 11.1. The summed E-state index contributed by atoms with van der Waals surface area (Å²) in [4.78, 5) is 34.2. The summed E-state index contributed by atoms with van der Waals surface area (Å²) < 4.78 is 23.1. The van der Waals surface area contributed by atoms with Gasteiger partial charge in [-0.05, 0) is 32.4 Å². The molecule has 22 heavy (non-hydrogen) atoms. The van der Waals surface area contributed by atoms with Crippen molar-refractivity contribution in [2.75, 3.05) is 13.2 Å². The van der Waals surface area contributed by atoms with Crippen molar-refractivity contribution in [1.82, 2.24) is 0 Å². The van der Waals surface area contributed by atoms with Crippen LogP contribution in [0, 0.1) is 22.9 Å². The molecule has 0 atom stereocenters. The predicted molar refractivity (Wildman–Crippen MR) is 73.8 cm³/mol. The Balaban J connectivity index is 3.47. The smallest absolute Gasteiger partial charge is 0.325 e. The highest BCUT2D eigenvalue weighted by atomic mass is 19.1. The molecule has 1 aromatic carbocycles. The van der Waals surface area contributed by atoms with Crippen LogP contribution >= 0.6 is 0 Å². The van der Waals surface area contributed by atoms with Crippen molar-refractivity contribution in [3.05, 3.63) is 39.2 Å². The van der Waals surface area contributed by atoms with Gasteiger partial charge in [0.15, 0.2) is 5.92 Å². The summed E-state index contributed by atoms with van der Waals surface area (Å²) in [6, 6.07) is 1.77. The van der Waals surface area contributed by atoms with Crippen LogP contribution in [-0.2, 0) is 19.1 Å². The van der Waals surface area contributed by atoms with Crippen molar-refractivity contribution in [1.29, 1.82) is 0 Å². The number of ether oxygens (including phenoxy) is 2. The van der Waals surface area contributed by atoms with Crippen molar-refractivity contribution < 1.29 is 28.4 Å². The summed E-state index contributed by atoms with van der Waals surface area (Å²) in [5.41, 5.74) is -0.853. The minimum absolute atomic E-state index is 0.0112. The second-order valence-corrected chi connectivity index (χ2v) is 4.35. The Morgan fingerprint density at radius 2 is 1.73 bits per heavy atom. The van der Waals surface area contributed by atoms with E-state index in [-0.39, 0.29) is 24.3 Å². The number of halogens is 1. The number of hydrogen-bond acceptors (Lipinski definition) is 6. The van der Waals surface area contributed by atoms with Crippen molar-refractivity contribution >= 4 is 17.6 Å². The highest BCUT2D eigenvalue weighted by molar-refractivity contribution is 6.01. The predicted octanol–water partition coefficient (Wildman–Crippen LogP) is 2.25. The average molecular weight is 313 g/mol. The molecular formula is C14H16FNO6. The zero-order valence-electron chi connectivity index (χ0n) is 12.4. The van der Waals surface area contributed by atoms with E-state index in [0.717, 1.165) is 6.07 Å². The van der Waals surface area contributed by atoms with E-state index in [9.17, 15) is 24.1 Å². The van der Waals surface area contributed by atoms with Crippen molar-refractivity contribution in [3.63, 3.8) is 0 Å². The highest BCUT2D eigenvalue weighted by Gasteiger charge is 2.37. The molecule has 120 valence electrons. The monoisotopic (exact) mass is 313 g/mol. The van der Waals surface area contributed by atoms with Crippen LogP contribution in [0.25, 0.3) is 0 Å². The molecule has 0 aliphatic rings. The molecule has 0 saturated heterocycles. The van der Waals surface area contributed by atoms with E-state index in [1.165, 1.54) is 20.8 Å². The molecule has 0 aliphatic heterocycles. The normalized spacial score (nSPS) is 10.4. The number of carbonyl (C=O) groups is 2. The second kappa shape index (κ2) is 7.48. The van der Waals surface area contributed by atoms with E-state index >= 15 is 0 Å². The molecule has 8 heteroatoms. The maximum atomic E-state index is 13.5. The summed E-state index contributed by atoms with van der Waals surface area (Å²) in [7, 11) is 0. The number of benzene rings is 1.